The molecular weight excluding hydrogens is 549 g/mol. The number of nitrogens with zero attached hydrogens (tertiary/aromatic N) is 4. The molecule has 0 saturated carbocycles. The number of hydrogen-bond acceptors (Lipinski definition) is 7. The number of hydrogen-bond donors (Lipinski definition) is 3. The van der Waals surface area contributed by atoms with E-state index in [1.54, 1.807) is 42.6 Å². The molecule has 2 unspecified atom stereocenters. The first-order chi connectivity index (χ1) is 20.1. The number of benzene rings is 3. The molecule has 0 aliphatic rings. The summed E-state index contributed by atoms with van der Waals surface area (Å²) in [7, 11) is 0. The summed E-state index contributed by atoms with van der Waals surface area (Å²) in [4.78, 5) is 19.1. The maximum atomic E-state index is 14.5. The molecule has 0 amide bonds. The minimum Gasteiger partial charge on any atom is -0.480 e. The van der Waals surface area contributed by atoms with Crippen molar-refractivity contribution in [1.82, 2.24) is 19.7 Å². The van der Waals surface area contributed by atoms with Gasteiger partial charge in [0.05, 0.1) is 17.1 Å². The molecule has 0 bridgehead atoms. The molecule has 0 saturated heterocycles. The summed E-state index contributed by atoms with van der Waals surface area (Å²) in [6.45, 7) is 0. The van der Waals surface area contributed by atoms with Crippen molar-refractivity contribution < 1.29 is 27.8 Å². The Morgan fingerprint density at radius 2 is 1.57 bits per heavy atom. The third-order valence-corrected chi connectivity index (χ3v) is 6.40. The summed E-state index contributed by atoms with van der Waals surface area (Å²) < 4.78 is 50.4. The molecule has 2 atom stereocenters. The van der Waals surface area contributed by atoms with Gasteiger partial charge in [-0.3, -0.25) is 4.79 Å². The molecule has 2 aromatic heterocycles. The normalized spacial score (nSPS) is 13.0. The Kier molecular flexibility index (Phi) is 7.89. The maximum Gasteiger partial charge on any atom is 0.429 e. The first-order valence-electron chi connectivity index (χ1n) is 12.7. The number of para-hydroxylation sites is 1. The van der Waals surface area contributed by atoms with Crippen LogP contribution < -0.4 is 16.2 Å². The van der Waals surface area contributed by atoms with E-state index in [2.05, 4.69) is 15.1 Å². The minimum atomic E-state index is -4.82. The van der Waals surface area contributed by atoms with Gasteiger partial charge in [-0.2, -0.15) is 23.3 Å². The molecule has 0 radical (unpaired) electrons. The zero-order chi connectivity index (χ0) is 29.9. The Morgan fingerprint density at radius 1 is 0.905 bits per heavy atom. The third-order valence-electron chi connectivity index (χ3n) is 6.40. The zero-order valence-electron chi connectivity index (χ0n) is 21.9. The van der Waals surface area contributed by atoms with E-state index in [0.717, 1.165) is 5.56 Å². The van der Waals surface area contributed by atoms with Crippen LogP contribution in [0.15, 0.2) is 97.2 Å². The van der Waals surface area contributed by atoms with Crippen LogP contribution in [0.5, 0.6) is 5.88 Å². The summed E-state index contributed by atoms with van der Waals surface area (Å²) in [5.41, 5.74) is 14.3. The number of anilines is 1. The molecule has 5 N–H and O–H groups in total. The molecule has 5 aromatic rings. The molecule has 214 valence electrons. The van der Waals surface area contributed by atoms with Crippen LogP contribution in [0.25, 0.3) is 28.2 Å². The highest BCUT2D eigenvalue weighted by Crippen LogP contribution is 2.39. The highest BCUT2D eigenvalue weighted by atomic mass is 19.4. The Morgan fingerprint density at radius 3 is 2.26 bits per heavy atom. The fourth-order valence-corrected chi connectivity index (χ4v) is 4.37. The van der Waals surface area contributed by atoms with E-state index in [4.69, 9.17) is 21.3 Å². The number of nitrogens with two attached hydrogens (primary N) is 2. The smallest absolute Gasteiger partial charge is 0.429 e. The molecule has 42 heavy (non-hydrogen) atoms. The molecule has 2 heterocycles. The van der Waals surface area contributed by atoms with Crippen LogP contribution in [0.2, 0.25) is 0 Å². The first-order valence-corrected chi connectivity index (χ1v) is 12.7. The number of aromatic nitrogens is 4. The zero-order valence-corrected chi connectivity index (χ0v) is 21.9. The van der Waals surface area contributed by atoms with Crippen LogP contribution in [0.1, 0.15) is 17.2 Å². The second-order valence-electron chi connectivity index (χ2n) is 9.41. The van der Waals surface area contributed by atoms with Crippen LogP contribution >= 0.6 is 0 Å². The van der Waals surface area contributed by atoms with Crippen LogP contribution in [0.4, 0.5) is 19.1 Å². The predicted molar refractivity (Wildman–Crippen MR) is 150 cm³/mol. The van der Waals surface area contributed by atoms with Gasteiger partial charge in [-0.1, -0.05) is 72.8 Å². The van der Waals surface area contributed by atoms with E-state index < -0.39 is 24.3 Å². The monoisotopic (exact) mass is 574 g/mol. The quantitative estimate of drug-likeness (QED) is 0.218. The highest BCUT2D eigenvalue weighted by molar-refractivity contribution is 5.73. The predicted octanol–water partition coefficient (Wildman–Crippen LogP) is 5.22. The van der Waals surface area contributed by atoms with Gasteiger partial charge in [0, 0.05) is 29.0 Å². The third kappa shape index (κ3) is 6.39. The fraction of sp³-hybridized carbons (Fsp3) is 0.133. The van der Waals surface area contributed by atoms with Crippen molar-refractivity contribution in [3.8, 4) is 34.1 Å². The van der Waals surface area contributed by atoms with Gasteiger partial charge in [-0.25, -0.2) is 9.67 Å². The van der Waals surface area contributed by atoms with Crippen LogP contribution in [-0.2, 0) is 11.2 Å². The van der Waals surface area contributed by atoms with Crippen molar-refractivity contribution >= 4 is 11.9 Å². The summed E-state index contributed by atoms with van der Waals surface area (Å²) >= 11 is 0. The van der Waals surface area contributed by atoms with E-state index in [0.29, 0.717) is 16.8 Å². The molecule has 3 aromatic carbocycles. The van der Waals surface area contributed by atoms with Gasteiger partial charge in [0.2, 0.25) is 17.9 Å². The van der Waals surface area contributed by atoms with Crippen LogP contribution in [0.3, 0.4) is 0 Å². The number of carbonyl (C=O) groups is 1. The Bertz CT molecular complexity index is 1690. The maximum absolute atomic E-state index is 14.5. The lowest BCUT2D eigenvalue weighted by molar-refractivity contribution is -0.198. The molecule has 9 nitrogen and oxygen atoms in total. The van der Waals surface area contributed by atoms with Crippen LogP contribution in [-0.4, -0.2) is 43.0 Å². The van der Waals surface area contributed by atoms with Crippen molar-refractivity contribution in [3.63, 3.8) is 0 Å². The fourth-order valence-electron chi connectivity index (χ4n) is 4.37. The summed E-state index contributed by atoms with van der Waals surface area (Å²) in [6, 6.07) is 23.7. The van der Waals surface area contributed by atoms with E-state index in [-0.39, 0.29) is 35.2 Å². The Labute approximate surface area is 238 Å². The number of carboxylic acids is 1. The molecular formula is C30H25F3N6O3. The van der Waals surface area contributed by atoms with Gasteiger partial charge in [0.15, 0.2) is 0 Å². The van der Waals surface area contributed by atoms with Gasteiger partial charge in [-0.05, 0) is 24.1 Å². The van der Waals surface area contributed by atoms with Gasteiger partial charge >= 0.3 is 12.1 Å². The van der Waals surface area contributed by atoms with Gasteiger partial charge < -0.3 is 21.3 Å². The first kappa shape index (κ1) is 28.3. The number of alkyl halides is 3. The van der Waals surface area contributed by atoms with E-state index in [1.165, 1.54) is 28.9 Å². The number of rotatable bonds is 9. The lowest BCUT2D eigenvalue weighted by Crippen LogP contribution is -2.32. The summed E-state index contributed by atoms with van der Waals surface area (Å²) in [5.74, 6) is -1.79. The average Bonchev–Trinajstić information content (AvgIpc) is 3.46. The lowest BCUT2D eigenvalue weighted by atomic mass is 10.0. The largest absolute Gasteiger partial charge is 0.480 e. The van der Waals surface area contributed by atoms with Crippen molar-refractivity contribution in [2.24, 2.45) is 5.73 Å². The highest BCUT2D eigenvalue weighted by Gasteiger charge is 2.45. The number of aliphatic carboxylic acids is 1. The average molecular weight is 575 g/mol. The molecule has 0 aliphatic heterocycles. The standard InChI is InChI=1S/C30H25F3N6O3/c31-30(32,33)27(21-8-4-5-9-25(21)39-15-14-23(38-39)19-6-2-1-3-7-19)42-26-17-24(36-29(35)37-26)20-12-10-18(11-13-20)16-22(34)28(40)41/h1-15,17,22,27H,16,34H2,(H,40,41)(H2,35,36,37). The number of ether oxygens (including phenoxy) is 1. The van der Waals surface area contributed by atoms with Crippen molar-refractivity contribution in [2.45, 2.75) is 24.7 Å². The summed E-state index contributed by atoms with van der Waals surface area (Å²) in [6.07, 6.45) is -5.54. The van der Waals surface area contributed by atoms with Gasteiger partial charge in [0.1, 0.15) is 6.04 Å². The molecule has 0 spiro atoms. The second kappa shape index (κ2) is 11.7. The lowest BCUT2D eigenvalue weighted by Gasteiger charge is -2.24. The molecule has 0 aliphatic carbocycles. The Hall–Kier alpha value is -5.23. The molecule has 0 fully saturated rings. The number of nitrogen functional groups attached to an aromatic ring is 1. The van der Waals surface area contributed by atoms with Crippen molar-refractivity contribution in [3.05, 3.63) is 108 Å². The minimum absolute atomic E-state index is 0.103. The number of carboxylic acid groups (broad SMARTS) is 1. The Balaban J connectivity index is 1.46. The topological polar surface area (TPSA) is 142 Å². The van der Waals surface area contributed by atoms with Crippen molar-refractivity contribution in [2.75, 3.05) is 5.73 Å². The van der Waals surface area contributed by atoms with E-state index >= 15 is 0 Å². The second-order valence-corrected chi connectivity index (χ2v) is 9.41. The van der Waals surface area contributed by atoms with Crippen LogP contribution in [0, 0.1) is 0 Å². The molecule has 5 rings (SSSR count). The summed E-state index contributed by atoms with van der Waals surface area (Å²) in [5, 5.41) is 13.5. The van der Waals surface area contributed by atoms with E-state index in [9.17, 15) is 18.0 Å². The SMILES string of the molecule is Nc1nc(OC(c2ccccc2-n2ccc(-c3ccccc3)n2)C(F)(F)F)cc(-c2ccc(CC(N)C(=O)O)cc2)n1. The number of halogens is 3. The van der Waals surface area contributed by atoms with Gasteiger partial charge in [0.25, 0.3) is 0 Å². The van der Waals surface area contributed by atoms with Crippen molar-refractivity contribution in [1.29, 1.82) is 0 Å². The molecule has 12 heteroatoms. The van der Waals surface area contributed by atoms with Gasteiger partial charge in [-0.15, -0.1) is 0 Å². The van der Waals surface area contributed by atoms with E-state index in [1.807, 2.05) is 30.3 Å².